The molecule has 2 aromatic rings. The van der Waals surface area contributed by atoms with E-state index in [1.165, 1.54) is 11.1 Å². The molecule has 4 heteroatoms. The van der Waals surface area contributed by atoms with Gasteiger partial charge in [-0.3, -0.25) is 0 Å². The second kappa shape index (κ2) is 7.38. The monoisotopic (exact) mass is 313 g/mol. The van der Waals surface area contributed by atoms with Crippen molar-refractivity contribution in [2.45, 2.75) is 25.5 Å². The van der Waals surface area contributed by atoms with Gasteiger partial charge in [0.25, 0.3) is 0 Å². The first-order chi connectivity index (χ1) is 11.3. The Balaban J connectivity index is 1.62. The topological polar surface area (TPSA) is 39.7 Å². The fourth-order valence-electron chi connectivity index (χ4n) is 2.85. The number of benzene rings is 2. The van der Waals surface area contributed by atoms with E-state index in [0.29, 0.717) is 6.61 Å². The molecule has 1 atom stereocenters. The van der Waals surface area contributed by atoms with Crippen molar-refractivity contribution in [1.82, 2.24) is 5.32 Å². The molecule has 0 spiro atoms. The molecule has 23 heavy (non-hydrogen) atoms. The van der Waals surface area contributed by atoms with Gasteiger partial charge in [-0.1, -0.05) is 24.3 Å². The van der Waals surface area contributed by atoms with Crippen LogP contribution in [0.3, 0.4) is 0 Å². The average molecular weight is 313 g/mol. The number of hydrogen-bond acceptors (Lipinski definition) is 4. The molecular formula is C19H23NO3. The van der Waals surface area contributed by atoms with Gasteiger partial charge >= 0.3 is 0 Å². The van der Waals surface area contributed by atoms with Crippen LogP contribution in [-0.2, 0) is 13.0 Å². The van der Waals surface area contributed by atoms with Gasteiger partial charge < -0.3 is 19.5 Å². The number of rotatable bonds is 6. The van der Waals surface area contributed by atoms with Gasteiger partial charge in [0.05, 0.1) is 7.11 Å². The van der Waals surface area contributed by atoms with Crippen LogP contribution in [0.4, 0.5) is 0 Å². The molecule has 1 aliphatic heterocycles. The van der Waals surface area contributed by atoms with Gasteiger partial charge in [-0.15, -0.1) is 0 Å². The highest BCUT2D eigenvalue weighted by atomic mass is 16.6. The number of ether oxygens (including phenoxy) is 3. The van der Waals surface area contributed by atoms with Crippen molar-refractivity contribution in [3.8, 4) is 17.2 Å². The van der Waals surface area contributed by atoms with E-state index in [-0.39, 0.29) is 6.10 Å². The summed E-state index contributed by atoms with van der Waals surface area (Å²) in [6.45, 7) is 1.41. The Labute approximate surface area is 137 Å². The van der Waals surface area contributed by atoms with Gasteiger partial charge in [0.15, 0.2) is 11.5 Å². The van der Waals surface area contributed by atoms with E-state index in [9.17, 15) is 0 Å². The highest BCUT2D eigenvalue weighted by molar-refractivity contribution is 5.41. The Kier molecular flexibility index (Phi) is 5.03. The average Bonchev–Trinajstić information content (AvgIpc) is 2.60. The van der Waals surface area contributed by atoms with E-state index in [1.54, 1.807) is 7.11 Å². The van der Waals surface area contributed by atoms with Crippen LogP contribution in [0.2, 0.25) is 0 Å². The van der Waals surface area contributed by atoms with Crippen molar-refractivity contribution in [3.63, 3.8) is 0 Å². The third kappa shape index (κ3) is 3.77. The Morgan fingerprint density at radius 1 is 1.17 bits per heavy atom. The van der Waals surface area contributed by atoms with Crippen LogP contribution >= 0.6 is 0 Å². The Bertz CT molecular complexity index is 657. The lowest BCUT2D eigenvalue weighted by Gasteiger charge is -2.26. The summed E-state index contributed by atoms with van der Waals surface area (Å²) in [5.41, 5.74) is 2.47. The van der Waals surface area contributed by atoms with Crippen LogP contribution in [0.25, 0.3) is 0 Å². The summed E-state index contributed by atoms with van der Waals surface area (Å²) >= 11 is 0. The molecule has 4 nitrogen and oxygen atoms in total. The van der Waals surface area contributed by atoms with E-state index >= 15 is 0 Å². The number of aryl methyl sites for hydroxylation is 1. The molecule has 0 fully saturated rings. The molecule has 0 saturated carbocycles. The second-order valence-corrected chi connectivity index (χ2v) is 5.71. The van der Waals surface area contributed by atoms with Crippen molar-refractivity contribution in [1.29, 1.82) is 0 Å². The third-order valence-electron chi connectivity index (χ3n) is 4.03. The third-order valence-corrected chi connectivity index (χ3v) is 4.03. The molecule has 0 saturated heterocycles. The van der Waals surface area contributed by atoms with Gasteiger partial charge in [0.1, 0.15) is 18.5 Å². The summed E-state index contributed by atoms with van der Waals surface area (Å²) in [5, 5.41) is 3.18. The molecule has 0 bridgehead atoms. The molecule has 122 valence electrons. The highest BCUT2D eigenvalue weighted by Gasteiger charge is 2.20. The molecule has 1 unspecified atom stereocenters. The maximum absolute atomic E-state index is 6.01. The van der Waals surface area contributed by atoms with E-state index in [2.05, 4.69) is 17.4 Å². The summed E-state index contributed by atoms with van der Waals surface area (Å²) in [4.78, 5) is 0. The summed E-state index contributed by atoms with van der Waals surface area (Å²) in [5.74, 6) is 2.60. The molecule has 0 aromatic heterocycles. The predicted molar refractivity (Wildman–Crippen MR) is 90.4 cm³/mol. The smallest absolute Gasteiger partial charge is 0.161 e. The molecule has 2 aromatic carbocycles. The fourth-order valence-corrected chi connectivity index (χ4v) is 2.85. The number of para-hydroxylation sites is 2. The zero-order chi connectivity index (χ0) is 16.1. The standard InChI is InChI=1S/C19H23NO3/c1-20-12-15-11-14(8-10-17(15)21-2)7-9-16-13-22-18-5-3-4-6-19(18)23-16/h3-6,8,10-11,16,20H,7,9,12-13H2,1-2H3. The molecule has 1 heterocycles. The lowest BCUT2D eigenvalue weighted by Crippen LogP contribution is -2.29. The zero-order valence-corrected chi connectivity index (χ0v) is 13.7. The van der Waals surface area contributed by atoms with Crippen molar-refractivity contribution >= 4 is 0 Å². The summed E-state index contributed by atoms with van der Waals surface area (Å²) in [7, 11) is 3.65. The molecule has 0 amide bonds. The quantitative estimate of drug-likeness (QED) is 0.889. The van der Waals surface area contributed by atoms with Crippen LogP contribution in [0.1, 0.15) is 17.5 Å². The van der Waals surface area contributed by atoms with E-state index in [4.69, 9.17) is 14.2 Å². The van der Waals surface area contributed by atoms with E-state index in [1.807, 2.05) is 37.4 Å². The minimum atomic E-state index is 0.0970. The summed E-state index contributed by atoms with van der Waals surface area (Å²) in [6.07, 6.45) is 1.98. The van der Waals surface area contributed by atoms with Gasteiger partial charge in [0.2, 0.25) is 0 Å². The van der Waals surface area contributed by atoms with Crippen LogP contribution < -0.4 is 19.5 Å². The maximum Gasteiger partial charge on any atom is 0.161 e. The first-order valence-electron chi connectivity index (χ1n) is 7.99. The van der Waals surface area contributed by atoms with Crippen molar-refractivity contribution < 1.29 is 14.2 Å². The Hall–Kier alpha value is -2.20. The van der Waals surface area contributed by atoms with E-state index in [0.717, 1.165) is 36.6 Å². The normalized spacial score (nSPS) is 16.2. The van der Waals surface area contributed by atoms with Crippen LogP contribution in [-0.4, -0.2) is 26.9 Å². The van der Waals surface area contributed by atoms with Gasteiger partial charge in [-0.05, 0) is 43.7 Å². The minimum Gasteiger partial charge on any atom is -0.496 e. The van der Waals surface area contributed by atoms with Crippen molar-refractivity contribution in [2.24, 2.45) is 0 Å². The second-order valence-electron chi connectivity index (χ2n) is 5.71. The highest BCUT2D eigenvalue weighted by Crippen LogP contribution is 2.32. The molecule has 1 N–H and O–H groups in total. The van der Waals surface area contributed by atoms with Gasteiger partial charge in [-0.2, -0.15) is 0 Å². The number of fused-ring (bicyclic) bond motifs is 1. The van der Waals surface area contributed by atoms with Crippen LogP contribution in [0, 0.1) is 0 Å². The molecule has 0 radical (unpaired) electrons. The van der Waals surface area contributed by atoms with Gasteiger partial charge in [0, 0.05) is 12.1 Å². The SMILES string of the molecule is CNCc1cc(CCC2COc3ccccc3O2)ccc1OC. The maximum atomic E-state index is 6.01. The molecular weight excluding hydrogens is 290 g/mol. The Morgan fingerprint density at radius 3 is 2.78 bits per heavy atom. The minimum absolute atomic E-state index is 0.0970. The molecule has 1 aliphatic rings. The van der Waals surface area contributed by atoms with Crippen molar-refractivity contribution in [2.75, 3.05) is 20.8 Å². The number of methoxy groups -OCH3 is 1. The number of nitrogens with one attached hydrogen (secondary N) is 1. The number of hydrogen-bond donors (Lipinski definition) is 1. The lowest BCUT2D eigenvalue weighted by atomic mass is 10.0. The van der Waals surface area contributed by atoms with Crippen LogP contribution in [0.5, 0.6) is 17.2 Å². The fraction of sp³-hybridized carbons (Fsp3) is 0.368. The molecule has 0 aliphatic carbocycles. The Morgan fingerprint density at radius 2 is 2.00 bits per heavy atom. The van der Waals surface area contributed by atoms with Crippen LogP contribution in [0.15, 0.2) is 42.5 Å². The molecule has 3 rings (SSSR count). The zero-order valence-electron chi connectivity index (χ0n) is 13.7. The first kappa shape index (κ1) is 15.7. The van der Waals surface area contributed by atoms with Crippen molar-refractivity contribution in [3.05, 3.63) is 53.6 Å². The van der Waals surface area contributed by atoms with Gasteiger partial charge in [-0.25, -0.2) is 0 Å². The first-order valence-corrected chi connectivity index (χ1v) is 7.99. The predicted octanol–water partition coefficient (Wildman–Crippen LogP) is 3.19. The van der Waals surface area contributed by atoms with E-state index < -0.39 is 0 Å². The summed E-state index contributed by atoms with van der Waals surface area (Å²) in [6, 6.07) is 14.2. The lowest BCUT2D eigenvalue weighted by molar-refractivity contribution is 0.0851. The summed E-state index contributed by atoms with van der Waals surface area (Å²) < 4.78 is 17.2. The largest absolute Gasteiger partial charge is 0.496 e.